The van der Waals surface area contributed by atoms with Crippen molar-refractivity contribution in [2.24, 2.45) is 10.8 Å². The minimum atomic E-state index is -0.0849. The van der Waals surface area contributed by atoms with E-state index in [9.17, 15) is 0 Å². The molecule has 1 aromatic carbocycles. The fourth-order valence-electron chi connectivity index (χ4n) is 1.47. The normalized spacial score (nSPS) is 12.6. The number of nitrogens with zero attached hydrogens (tertiary/aromatic N) is 1. The van der Waals surface area contributed by atoms with Gasteiger partial charge in [-0.2, -0.15) is 0 Å². The first-order chi connectivity index (χ1) is 7.51. The van der Waals surface area contributed by atoms with E-state index in [2.05, 4.69) is 43.3 Å². The number of hydrogen-bond acceptors (Lipinski definition) is 2. The molecule has 1 aromatic rings. The average molecular weight is 219 g/mol. The van der Waals surface area contributed by atoms with E-state index in [1.807, 2.05) is 18.2 Å². The van der Waals surface area contributed by atoms with Crippen molar-refractivity contribution in [1.29, 1.82) is 0 Å². The Bertz CT molecular complexity index is 336. The maximum atomic E-state index is 5.46. The summed E-state index contributed by atoms with van der Waals surface area (Å²) in [5, 5.41) is 0. The van der Waals surface area contributed by atoms with Gasteiger partial charge in [-0.05, 0) is 32.8 Å². The van der Waals surface area contributed by atoms with Gasteiger partial charge in [-0.3, -0.25) is 4.99 Å². The van der Waals surface area contributed by atoms with Crippen LogP contribution < -0.4 is 11.3 Å². The Morgan fingerprint density at radius 2 is 1.88 bits per heavy atom. The van der Waals surface area contributed by atoms with Crippen LogP contribution in [0, 0.1) is 0 Å². The molecule has 88 valence electrons. The summed E-state index contributed by atoms with van der Waals surface area (Å²) in [4.78, 5) is 4.52. The maximum Gasteiger partial charge on any atom is 0.111 e. The number of aliphatic imine (C=N–C) groups is 1. The highest BCUT2D eigenvalue weighted by molar-refractivity contribution is 5.82. The Balaban J connectivity index is 2.56. The van der Waals surface area contributed by atoms with Gasteiger partial charge in [0.15, 0.2) is 0 Å². The van der Waals surface area contributed by atoms with Crippen molar-refractivity contribution in [3.63, 3.8) is 0 Å². The van der Waals surface area contributed by atoms with Gasteiger partial charge in [-0.15, -0.1) is 0 Å². The van der Waals surface area contributed by atoms with Gasteiger partial charge in [0.05, 0.1) is 5.54 Å². The van der Waals surface area contributed by atoms with Gasteiger partial charge in [-0.1, -0.05) is 30.3 Å². The van der Waals surface area contributed by atoms with Crippen molar-refractivity contribution < 1.29 is 0 Å². The largest absolute Gasteiger partial charge is 0.312 e. The Morgan fingerprint density at radius 3 is 2.38 bits per heavy atom. The number of nitrogens with two attached hydrogens (primary N) is 1. The number of aryl methyl sites for hydroxylation is 1. The molecule has 0 aliphatic rings. The van der Waals surface area contributed by atoms with E-state index in [-0.39, 0.29) is 5.54 Å². The van der Waals surface area contributed by atoms with Crippen molar-refractivity contribution >= 4 is 5.84 Å². The first-order valence-corrected chi connectivity index (χ1v) is 5.60. The molecule has 3 N–H and O–H groups in total. The van der Waals surface area contributed by atoms with E-state index in [0.29, 0.717) is 0 Å². The van der Waals surface area contributed by atoms with Gasteiger partial charge < -0.3 is 5.43 Å². The van der Waals surface area contributed by atoms with E-state index in [4.69, 9.17) is 5.84 Å². The number of rotatable bonds is 3. The summed E-state index contributed by atoms with van der Waals surface area (Å²) in [6.07, 6.45) is 1.80. The number of benzene rings is 1. The van der Waals surface area contributed by atoms with Crippen LogP contribution in [-0.4, -0.2) is 11.4 Å². The molecule has 0 unspecified atom stereocenters. The third-order valence-electron chi connectivity index (χ3n) is 2.13. The average Bonchev–Trinajstić information content (AvgIpc) is 2.24. The number of amidine groups is 1. The monoisotopic (exact) mass is 219 g/mol. The van der Waals surface area contributed by atoms with Crippen LogP contribution >= 0.6 is 0 Å². The van der Waals surface area contributed by atoms with Crippen molar-refractivity contribution in [3.05, 3.63) is 35.9 Å². The summed E-state index contributed by atoms with van der Waals surface area (Å²) >= 11 is 0. The summed E-state index contributed by atoms with van der Waals surface area (Å²) in [5.41, 5.74) is 3.90. The molecule has 0 fully saturated rings. The van der Waals surface area contributed by atoms with Crippen molar-refractivity contribution in [1.82, 2.24) is 5.43 Å². The second-order valence-electron chi connectivity index (χ2n) is 4.86. The molecule has 3 heteroatoms. The van der Waals surface area contributed by atoms with Crippen LogP contribution in [0.25, 0.3) is 0 Å². The zero-order chi connectivity index (χ0) is 12.0. The minimum absolute atomic E-state index is 0.0849. The lowest BCUT2D eigenvalue weighted by molar-refractivity contribution is 0.576. The summed E-state index contributed by atoms with van der Waals surface area (Å²) in [7, 11) is 0. The molecule has 0 bridgehead atoms. The molecule has 0 atom stereocenters. The van der Waals surface area contributed by atoms with Gasteiger partial charge in [0, 0.05) is 6.42 Å². The Morgan fingerprint density at radius 1 is 1.25 bits per heavy atom. The molecule has 0 spiro atoms. The lowest BCUT2D eigenvalue weighted by atomic mass is 10.1. The second-order valence-corrected chi connectivity index (χ2v) is 4.86. The number of hydrazine groups is 1. The fraction of sp³-hybridized carbons (Fsp3) is 0.462. The second kappa shape index (κ2) is 5.66. The molecule has 3 nitrogen and oxygen atoms in total. The molecule has 0 aliphatic heterocycles. The van der Waals surface area contributed by atoms with Gasteiger partial charge in [-0.25, -0.2) is 5.84 Å². The Hall–Kier alpha value is -1.35. The molecule has 0 heterocycles. The molecule has 0 saturated carbocycles. The minimum Gasteiger partial charge on any atom is -0.312 e. The molecule has 0 amide bonds. The zero-order valence-corrected chi connectivity index (χ0v) is 10.3. The topological polar surface area (TPSA) is 50.4 Å². The van der Waals surface area contributed by atoms with Crippen LogP contribution in [-0.2, 0) is 6.42 Å². The van der Waals surface area contributed by atoms with Gasteiger partial charge in [0.2, 0.25) is 0 Å². The summed E-state index contributed by atoms with van der Waals surface area (Å²) in [6, 6.07) is 10.4. The highest BCUT2D eigenvalue weighted by atomic mass is 15.3. The van der Waals surface area contributed by atoms with Gasteiger partial charge in [0.1, 0.15) is 5.84 Å². The summed E-state index contributed by atoms with van der Waals surface area (Å²) < 4.78 is 0. The van der Waals surface area contributed by atoms with E-state index in [1.54, 1.807) is 0 Å². The zero-order valence-electron chi connectivity index (χ0n) is 10.3. The third-order valence-corrected chi connectivity index (χ3v) is 2.13. The van der Waals surface area contributed by atoms with E-state index >= 15 is 0 Å². The van der Waals surface area contributed by atoms with Crippen LogP contribution in [0.15, 0.2) is 35.3 Å². The van der Waals surface area contributed by atoms with Crippen molar-refractivity contribution in [2.75, 3.05) is 0 Å². The molecule has 0 aromatic heterocycles. The van der Waals surface area contributed by atoms with Gasteiger partial charge >= 0.3 is 0 Å². The van der Waals surface area contributed by atoms with Crippen LogP contribution in [0.2, 0.25) is 0 Å². The fourth-order valence-corrected chi connectivity index (χ4v) is 1.47. The molecular formula is C13H21N3. The maximum absolute atomic E-state index is 5.46. The van der Waals surface area contributed by atoms with Crippen molar-refractivity contribution in [2.45, 2.75) is 39.2 Å². The van der Waals surface area contributed by atoms with Gasteiger partial charge in [0.25, 0.3) is 0 Å². The predicted octanol–water partition coefficient (Wildman–Crippen LogP) is 2.28. The molecular weight excluding hydrogens is 198 g/mol. The lowest BCUT2D eigenvalue weighted by Gasteiger charge is -2.15. The van der Waals surface area contributed by atoms with E-state index in [0.717, 1.165) is 18.7 Å². The molecule has 16 heavy (non-hydrogen) atoms. The van der Waals surface area contributed by atoms with Crippen LogP contribution in [0.1, 0.15) is 32.8 Å². The van der Waals surface area contributed by atoms with Crippen molar-refractivity contribution in [3.8, 4) is 0 Å². The van der Waals surface area contributed by atoms with E-state index < -0.39 is 0 Å². The number of nitrogens with one attached hydrogen (secondary N) is 1. The summed E-state index contributed by atoms with van der Waals surface area (Å²) in [6.45, 7) is 6.19. The number of hydrogen-bond donors (Lipinski definition) is 2. The Kier molecular flexibility index (Phi) is 4.50. The molecule has 0 radical (unpaired) electrons. The first-order valence-electron chi connectivity index (χ1n) is 5.60. The standard InChI is InChI=1S/C13H21N3/c1-13(2,3)15-12(16-14)10-9-11-7-5-4-6-8-11/h4-8H,9-10,14H2,1-3H3,(H,15,16). The van der Waals surface area contributed by atoms with Crippen LogP contribution in [0.5, 0.6) is 0 Å². The predicted molar refractivity (Wildman–Crippen MR) is 69.3 cm³/mol. The molecule has 0 aliphatic carbocycles. The van der Waals surface area contributed by atoms with E-state index in [1.165, 1.54) is 5.56 Å². The first kappa shape index (κ1) is 12.7. The molecule has 1 rings (SSSR count). The quantitative estimate of drug-likeness (QED) is 0.354. The Labute approximate surface area is 97.7 Å². The van der Waals surface area contributed by atoms with Crippen LogP contribution in [0.3, 0.4) is 0 Å². The highest BCUT2D eigenvalue weighted by Crippen LogP contribution is 2.09. The third kappa shape index (κ3) is 4.94. The smallest absolute Gasteiger partial charge is 0.111 e. The van der Waals surface area contributed by atoms with Crippen LogP contribution in [0.4, 0.5) is 0 Å². The lowest BCUT2D eigenvalue weighted by Crippen LogP contribution is -2.33. The SMILES string of the molecule is CC(C)(C)N=C(CCc1ccccc1)NN. The summed E-state index contributed by atoms with van der Waals surface area (Å²) in [5.74, 6) is 6.32. The highest BCUT2D eigenvalue weighted by Gasteiger charge is 2.09. The molecule has 0 saturated heterocycles.